The molecule has 1 heterocycles. The summed E-state index contributed by atoms with van der Waals surface area (Å²) in [6.45, 7) is 3.43. The summed E-state index contributed by atoms with van der Waals surface area (Å²) in [5.74, 6) is -0.161. The van der Waals surface area contributed by atoms with Gasteiger partial charge in [0.05, 0.1) is 17.4 Å². The van der Waals surface area contributed by atoms with E-state index in [-0.39, 0.29) is 12.5 Å². The van der Waals surface area contributed by atoms with Gasteiger partial charge in [-0.15, -0.1) is 0 Å². The fourth-order valence-electron chi connectivity index (χ4n) is 2.51. The lowest BCUT2D eigenvalue weighted by molar-refractivity contribution is -0.149. The highest BCUT2D eigenvalue weighted by Crippen LogP contribution is 2.25. The molecule has 1 N–H and O–H groups in total. The van der Waals surface area contributed by atoms with Crippen LogP contribution in [0.5, 0.6) is 5.75 Å². The van der Waals surface area contributed by atoms with Crippen LogP contribution in [0.4, 0.5) is 5.69 Å². The van der Waals surface area contributed by atoms with E-state index < -0.39 is 18.5 Å². The Kier molecular flexibility index (Phi) is 5.97. The fourth-order valence-corrected chi connectivity index (χ4v) is 3.06. The van der Waals surface area contributed by atoms with Crippen LogP contribution in [0.1, 0.15) is 25.3 Å². The van der Waals surface area contributed by atoms with E-state index in [1.54, 1.807) is 24.3 Å². The van der Waals surface area contributed by atoms with Crippen molar-refractivity contribution in [2.24, 2.45) is 0 Å². The highest BCUT2D eigenvalue weighted by atomic mass is 32.1. The molecule has 0 atom stereocenters. The molecular weight excluding hydrogens is 366 g/mol. The van der Waals surface area contributed by atoms with Gasteiger partial charge in [0.2, 0.25) is 0 Å². The van der Waals surface area contributed by atoms with Crippen molar-refractivity contribution in [3.63, 3.8) is 0 Å². The zero-order valence-electron chi connectivity index (χ0n) is 15.0. The third-order valence-electron chi connectivity index (χ3n) is 3.81. The van der Waals surface area contributed by atoms with E-state index in [0.717, 1.165) is 17.3 Å². The highest BCUT2D eigenvalue weighted by Gasteiger charge is 2.13. The Morgan fingerprint density at radius 2 is 1.89 bits per heavy atom. The second-order valence-electron chi connectivity index (χ2n) is 6.13. The van der Waals surface area contributed by atoms with E-state index in [2.05, 4.69) is 14.1 Å². The van der Waals surface area contributed by atoms with E-state index in [4.69, 9.17) is 9.47 Å². The first-order chi connectivity index (χ1) is 13.0. The van der Waals surface area contributed by atoms with Crippen molar-refractivity contribution < 1.29 is 19.1 Å². The number of nitrogens with zero attached hydrogens (tertiary/aromatic N) is 2. The van der Waals surface area contributed by atoms with Crippen LogP contribution >= 0.6 is 11.7 Å². The molecule has 1 amide bonds. The summed E-state index contributed by atoms with van der Waals surface area (Å²) in [7, 11) is 0. The van der Waals surface area contributed by atoms with Crippen LogP contribution in [-0.2, 0) is 14.3 Å². The van der Waals surface area contributed by atoms with Crippen LogP contribution in [0.2, 0.25) is 0 Å². The van der Waals surface area contributed by atoms with Crippen LogP contribution < -0.4 is 10.1 Å². The Labute approximate surface area is 160 Å². The molecule has 0 aliphatic rings. The third-order valence-corrected chi connectivity index (χ3v) is 4.35. The minimum absolute atomic E-state index is 0.261. The van der Waals surface area contributed by atoms with E-state index in [9.17, 15) is 9.59 Å². The summed E-state index contributed by atoms with van der Waals surface area (Å²) in [4.78, 5) is 23.9. The largest absolute Gasteiger partial charge is 0.482 e. The SMILES string of the molecule is CC(C)c1ccccc1OCC(=O)OCC(=O)Nc1cccc2nsnc12. The summed E-state index contributed by atoms with van der Waals surface area (Å²) >= 11 is 1.07. The molecule has 3 rings (SSSR count). The number of esters is 1. The molecule has 0 aliphatic carbocycles. The number of carbonyl (C=O) groups is 2. The maximum Gasteiger partial charge on any atom is 0.344 e. The normalized spacial score (nSPS) is 10.8. The van der Waals surface area contributed by atoms with Gasteiger partial charge in [-0.3, -0.25) is 4.79 Å². The molecule has 1 aromatic heterocycles. The van der Waals surface area contributed by atoms with Gasteiger partial charge < -0.3 is 14.8 Å². The second kappa shape index (κ2) is 8.59. The molecule has 0 bridgehead atoms. The molecule has 0 aliphatic heterocycles. The van der Waals surface area contributed by atoms with Gasteiger partial charge in [0.15, 0.2) is 13.2 Å². The quantitative estimate of drug-likeness (QED) is 0.627. The Bertz CT molecular complexity index is 955. The van der Waals surface area contributed by atoms with Gasteiger partial charge in [0, 0.05) is 0 Å². The van der Waals surface area contributed by atoms with Gasteiger partial charge in [0.25, 0.3) is 5.91 Å². The number of para-hydroxylation sites is 1. The number of fused-ring (bicyclic) bond motifs is 1. The number of ether oxygens (including phenoxy) is 2. The Hall–Kier alpha value is -3.00. The van der Waals surface area contributed by atoms with E-state index in [1.165, 1.54) is 0 Å². The number of amides is 1. The third kappa shape index (κ3) is 4.79. The maximum atomic E-state index is 12.0. The average Bonchev–Trinajstić information content (AvgIpc) is 3.15. The molecule has 0 spiro atoms. The summed E-state index contributed by atoms with van der Waals surface area (Å²) in [6, 6.07) is 12.8. The van der Waals surface area contributed by atoms with E-state index in [1.807, 2.05) is 32.0 Å². The van der Waals surface area contributed by atoms with Crippen molar-refractivity contribution in [2.45, 2.75) is 19.8 Å². The lowest BCUT2D eigenvalue weighted by Gasteiger charge is -2.13. The molecule has 3 aromatic rings. The van der Waals surface area contributed by atoms with Crippen molar-refractivity contribution in [3.05, 3.63) is 48.0 Å². The first-order valence-corrected chi connectivity index (χ1v) is 9.16. The predicted molar refractivity (Wildman–Crippen MR) is 103 cm³/mol. The zero-order valence-corrected chi connectivity index (χ0v) is 15.8. The van der Waals surface area contributed by atoms with Gasteiger partial charge >= 0.3 is 5.97 Å². The summed E-state index contributed by atoms with van der Waals surface area (Å²) in [5.41, 5.74) is 2.85. The summed E-state index contributed by atoms with van der Waals surface area (Å²) in [6.07, 6.45) is 0. The van der Waals surface area contributed by atoms with Crippen molar-refractivity contribution in [2.75, 3.05) is 18.5 Å². The Morgan fingerprint density at radius 1 is 1.07 bits per heavy atom. The first-order valence-electron chi connectivity index (χ1n) is 8.43. The molecular formula is C19H19N3O4S. The zero-order chi connectivity index (χ0) is 19.2. The number of hydrogen-bond donors (Lipinski definition) is 1. The highest BCUT2D eigenvalue weighted by molar-refractivity contribution is 7.00. The molecule has 0 fully saturated rings. The summed E-state index contributed by atoms with van der Waals surface area (Å²) in [5, 5.41) is 2.67. The number of nitrogens with one attached hydrogen (secondary N) is 1. The number of aromatic nitrogens is 2. The van der Waals surface area contributed by atoms with Crippen molar-refractivity contribution in [1.29, 1.82) is 0 Å². The Morgan fingerprint density at radius 3 is 2.70 bits per heavy atom. The van der Waals surface area contributed by atoms with Crippen molar-refractivity contribution in [3.8, 4) is 5.75 Å². The van der Waals surface area contributed by atoms with Gasteiger partial charge in [-0.1, -0.05) is 38.1 Å². The molecule has 27 heavy (non-hydrogen) atoms. The van der Waals surface area contributed by atoms with Crippen molar-refractivity contribution in [1.82, 2.24) is 8.75 Å². The molecule has 0 radical (unpaired) electrons. The van der Waals surface area contributed by atoms with Gasteiger partial charge in [0.1, 0.15) is 16.8 Å². The lowest BCUT2D eigenvalue weighted by Crippen LogP contribution is -2.24. The molecule has 8 heteroatoms. The van der Waals surface area contributed by atoms with Crippen LogP contribution in [0.25, 0.3) is 11.0 Å². The van der Waals surface area contributed by atoms with Gasteiger partial charge in [-0.25, -0.2) is 4.79 Å². The molecule has 7 nitrogen and oxygen atoms in total. The number of benzene rings is 2. The minimum atomic E-state index is -0.614. The second-order valence-corrected chi connectivity index (χ2v) is 6.66. The first kappa shape index (κ1) is 18.8. The van der Waals surface area contributed by atoms with Crippen LogP contribution in [-0.4, -0.2) is 33.8 Å². The molecule has 2 aromatic carbocycles. The molecule has 140 valence electrons. The average molecular weight is 385 g/mol. The lowest BCUT2D eigenvalue weighted by atomic mass is 10.0. The maximum absolute atomic E-state index is 12.0. The van der Waals surface area contributed by atoms with Crippen molar-refractivity contribution >= 4 is 40.3 Å². The smallest absolute Gasteiger partial charge is 0.344 e. The Balaban J connectivity index is 1.49. The van der Waals surface area contributed by atoms with E-state index in [0.29, 0.717) is 22.5 Å². The molecule has 0 unspecified atom stereocenters. The predicted octanol–water partition coefficient (Wildman–Crippen LogP) is 3.38. The van der Waals surface area contributed by atoms with Gasteiger partial charge in [-0.2, -0.15) is 8.75 Å². The molecule has 0 saturated carbocycles. The topological polar surface area (TPSA) is 90.4 Å². The van der Waals surface area contributed by atoms with Crippen LogP contribution in [0.15, 0.2) is 42.5 Å². The number of carbonyl (C=O) groups excluding carboxylic acids is 2. The van der Waals surface area contributed by atoms with Crippen LogP contribution in [0.3, 0.4) is 0 Å². The standard InChI is InChI=1S/C19H19N3O4S/c1-12(2)13-6-3-4-9-16(13)25-11-18(24)26-10-17(23)20-14-7-5-8-15-19(14)22-27-21-15/h3-9,12H,10-11H2,1-2H3,(H,20,23). The van der Waals surface area contributed by atoms with E-state index >= 15 is 0 Å². The number of hydrogen-bond acceptors (Lipinski definition) is 7. The monoisotopic (exact) mass is 385 g/mol. The minimum Gasteiger partial charge on any atom is -0.482 e. The van der Waals surface area contributed by atoms with Gasteiger partial charge in [-0.05, 0) is 29.7 Å². The number of rotatable bonds is 7. The summed E-state index contributed by atoms with van der Waals surface area (Å²) < 4.78 is 18.8. The van der Waals surface area contributed by atoms with Crippen LogP contribution in [0, 0.1) is 0 Å². The fraction of sp³-hybridized carbons (Fsp3) is 0.263. The molecule has 0 saturated heterocycles. The number of anilines is 1.